The van der Waals surface area contributed by atoms with Crippen molar-refractivity contribution in [2.45, 2.75) is 32.0 Å². The summed E-state index contributed by atoms with van der Waals surface area (Å²) in [4.78, 5) is 12.8. The standard InChI is InChI=1S/C19H22N2O4/c1-24-18-9-10-19(25-2)15(11-18)13-20(16-7-8-16)12-14-3-5-17(6-4-14)21(22)23/h3-6,9-11,16H,7-8,12-13H2,1-2H3. The quantitative estimate of drug-likeness (QED) is 0.539. The van der Waals surface area contributed by atoms with E-state index >= 15 is 0 Å². The second-order valence-corrected chi connectivity index (χ2v) is 6.24. The van der Waals surface area contributed by atoms with Crippen LogP contribution in [0.4, 0.5) is 5.69 Å². The summed E-state index contributed by atoms with van der Waals surface area (Å²) in [7, 11) is 3.32. The molecule has 25 heavy (non-hydrogen) atoms. The van der Waals surface area contributed by atoms with E-state index in [-0.39, 0.29) is 10.6 Å². The smallest absolute Gasteiger partial charge is 0.269 e. The van der Waals surface area contributed by atoms with Crippen LogP contribution in [0.2, 0.25) is 0 Å². The lowest BCUT2D eigenvalue weighted by Gasteiger charge is -2.23. The first-order valence-corrected chi connectivity index (χ1v) is 8.29. The first-order chi connectivity index (χ1) is 12.1. The minimum atomic E-state index is -0.371. The highest BCUT2D eigenvalue weighted by Crippen LogP contribution is 2.33. The summed E-state index contributed by atoms with van der Waals surface area (Å²) in [6.07, 6.45) is 2.36. The number of hydrogen-bond donors (Lipinski definition) is 0. The maximum Gasteiger partial charge on any atom is 0.269 e. The minimum Gasteiger partial charge on any atom is -0.497 e. The van der Waals surface area contributed by atoms with E-state index in [1.807, 2.05) is 30.3 Å². The van der Waals surface area contributed by atoms with Crippen molar-refractivity contribution in [1.82, 2.24) is 4.90 Å². The molecule has 6 nitrogen and oxygen atoms in total. The fourth-order valence-corrected chi connectivity index (χ4v) is 2.94. The predicted octanol–water partition coefficient (Wildman–Crippen LogP) is 3.78. The summed E-state index contributed by atoms with van der Waals surface area (Å²) in [5, 5.41) is 10.8. The van der Waals surface area contributed by atoms with Crippen LogP contribution in [0.3, 0.4) is 0 Å². The summed E-state index contributed by atoms with van der Waals surface area (Å²) >= 11 is 0. The van der Waals surface area contributed by atoms with Crippen LogP contribution in [0.25, 0.3) is 0 Å². The second-order valence-electron chi connectivity index (χ2n) is 6.24. The van der Waals surface area contributed by atoms with Gasteiger partial charge in [-0.25, -0.2) is 0 Å². The Kier molecular flexibility index (Phi) is 5.19. The van der Waals surface area contributed by atoms with Gasteiger partial charge in [0, 0.05) is 36.8 Å². The van der Waals surface area contributed by atoms with Crippen LogP contribution >= 0.6 is 0 Å². The van der Waals surface area contributed by atoms with Gasteiger partial charge >= 0.3 is 0 Å². The molecular weight excluding hydrogens is 320 g/mol. The lowest BCUT2D eigenvalue weighted by molar-refractivity contribution is -0.384. The summed E-state index contributed by atoms with van der Waals surface area (Å²) in [6, 6.07) is 13.1. The molecule has 0 atom stereocenters. The van der Waals surface area contributed by atoms with Crippen molar-refractivity contribution in [3.8, 4) is 11.5 Å². The molecule has 2 aromatic carbocycles. The minimum absolute atomic E-state index is 0.121. The van der Waals surface area contributed by atoms with Crippen molar-refractivity contribution in [1.29, 1.82) is 0 Å². The lowest BCUT2D eigenvalue weighted by Crippen LogP contribution is -2.25. The first kappa shape index (κ1) is 17.2. The summed E-state index contributed by atoms with van der Waals surface area (Å²) in [5.74, 6) is 1.65. The monoisotopic (exact) mass is 342 g/mol. The zero-order valence-electron chi connectivity index (χ0n) is 14.5. The molecule has 0 aromatic heterocycles. The van der Waals surface area contributed by atoms with Gasteiger partial charge in [-0.1, -0.05) is 12.1 Å². The van der Waals surface area contributed by atoms with Gasteiger partial charge in [0.1, 0.15) is 11.5 Å². The average Bonchev–Trinajstić information content (AvgIpc) is 3.46. The molecule has 1 aliphatic carbocycles. The first-order valence-electron chi connectivity index (χ1n) is 8.29. The Morgan fingerprint density at radius 3 is 2.36 bits per heavy atom. The second kappa shape index (κ2) is 7.53. The van der Waals surface area contributed by atoms with Crippen LogP contribution in [-0.2, 0) is 13.1 Å². The number of hydrogen-bond acceptors (Lipinski definition) is 5. The average molecular weight is 342 g/mol. The Morgan fingerprint density at radius 1 is 1.08 bits per heavy atom. The molecule has 0 bridgehead atoms. The molecule has 1 aliphatic rings. The van der Waals surface area contributed by atoms with E-state index in [1.165, 1.54) is 12.8 Å². The molecule has 132 valence electrons. The molecule has 0 aliphatic heterocycles. The summed E-state index contributed by atoms with van der Waals surface area (Å²) in [6.45, 7) is 1.51. The Balaban J connectivity index is 1.77. The topological polar surface area (TPSA) is 64.8 Å². The fourth-order valence-electron chi connectivity index (χ4n) is 2.94. The van der Waals surface area contributed by atoms with E-state index in [4.69, 9.17) is 9.47 Å². The van der Waals surface area contributed by atoms with Gasteiger partial charge in [0.25, 0.3) is 5.69 Å². The zero-order chi connectivity index (χ0) is 17.8. The Morgan fingerprint density at radius 2 is 1.80 bits per heavy atom. The highest BCUT2D eigenvalue weighted by molar-refractivity contribution is 5.40. The molecule has 1 fully saturated rings. The van der Waals surface area contributed by atoms with E-state index < -0.39 is 0 Å². The fraction of sp³-hybridized carbons (Fsp3) is 0.368. The zero-order valence-corrected chi connectivity index (χ0v) is 14.5. The molecule has 3 rings (SSSR count). The number of non-ortho nitro benzene ring substituents is 1. The van der Waals surface area contributed by atoms with Crippen molar-refractivity contribution in [3.63, 3.8) is 0 Å². The maximum absolute atomic E-state index is 10.8. The molecule has 0 amide bonds. The number of benzene rings is 2. The number of ether oxygens (including phenoxy) is 2. The van der Waals surface area contributed by atoms with Gasteiger partial charge in [0.05, 0.1) is 19.1 Å². The number of nitro benzene ring substituents is 1. The van der Waals surface area contributed by atoms with Gasteiger partial charge in [0.2, 0.25) is 0 Å². The molecular formula is C19H22N2O4. The Labute approximate surface area is 147 Å². The van der Waals surface area contributed by atoms with Crippen LogP contribution < -0.4 is 9.47 Å². The highest BCUT2D eigenvalue weighted by atomic mass is 16.6. The third-order valence-electron chi connectivity index (χ3n) is 4.46. The number of methoxy groups -OCH3 is 2. The van der Waals surface area contributed by atoms with Gasteiger partial charge in [-0.05, 0) is 36.6 Å². The van der Waals surface area contributed by atoms with E-state index in [0.717, 1.165) is 35.7 Å². The van der Waals surface area contributed by atoms with Gasteiger partial charge < -0.3 is 9.47 Å². The van der Waals surface area contributed by atoms with Crippen LogP contribution in [0.15, 0.2) is 42.5 Å². The van der Waals surface area contributed by atoms with Gasteiger partial charge in [-0.2, -0.15) is 0 Å². The number of rotatable bonds is 8. The van der Waals surface area contributed by atoms with Crippen molar-refractivity contribution < 1.29 is 14.4 Å². The van der Waals surface area contributed by atoms with Gasteiger partial charge in [-0.15, -0.1) is 0 Å². The van der Waals surface area contributed by atoms with Crippen molar-refractivity contribution in [3.05, 3.63) is 63.7 Å². The molecule has 0 saturated heterocycles. The van der Waals surface area contributed by atoms with Crippen LogP contribution in [0.1, 0.15) is 24.0 Å². The van der Waals surface area contributed by atoms with Crippen LogP contribution in [0.5, 0.6) is 11.5 Å². The molecule has 0 unspecified atom stereocenters. The van der Waals surface area contributed by atoms with Crippen LogP contribution in [0, 0.1) is 10.1 Å². The Bertz CT molecular complexity index is 742. The van der Waals surface area contributed by atoms with Crippen molar-refractivity contribution >= 4 is 5.69 Å². The molecule has 2 aromatic rings. The highest BCUT2D eigenvalue weighted by Gasteiger charge is 2.29. The molecule has 1 saturated carbocycles. The summed E-state index contributed by atoms with van der Waals surface area (Å²) in [5.41, 5.74) is 2.27. The van der Waals surface area contributed by atoms with E-state index in [1.54, 1.807) is 26.4 Å². The third-order valence-corrected chi connectivity index (χ3v) is 4.46. The van der Waals surface area contributed by atoms with Gasteiger partial charge in [0.15, 0.2) is 0 Å². The predicted molar refractivity (Wildman–Crippen MR) is 94.9 cm³/mol. The molecule has 0 heterocycles. The SMILES string of the molecule is COc1ccc(OC)c(CN(Cc2ccc([N+](=O)[O-])cc2)C2CC2)c1. The molecule has 6 heteroatoms. The third kappa shape index (κ3) is 4.28. The molecule has 0 N–H and O–H groups in total. The van der Waals surface area contributed by atoms with Crippen molar-refractivity contribution in [2.75, 3.05) is 14.2 Å². The largest absolute Gasteiger partial charge is 0.497 e. The molecule has 0 radical (unpaired) electrons. The Hall–Kier alpha value is -2.60. The van der Waals surface area contributed by atoms with E-state index in [0.29, 0.717) is 6.04 Å². The molecule has 0 spiro atoms. The van der Waals surface area contributed by atoms with E-state index in [2.05, 4.69) is 4.90 Å². The summed E-state index contributed by atoms with van der Waals surface area (Å²) < 4.78 is 10.8. The van der Waals surface area contributed by atoms with E-state index in [9.17, 15) is 10.1 Å². The van der Waals surface area contributed by atoms with Crippen molar-refractivity contribution in [2.24, 2.45) is 0 Å². The van der Waals surface area contributed by atoms with Crippen LogP contribution in [-0.4, -0.2) is 30.1 Å². The normalized spacial score (nSPS) is 13.7. The maximum atomic E-state index is 10.8. The lowest BCUT2D eigenvalue weighted by atomic mass is 10.1. The number of nitrogens with zero attached hydrogens (tertiary/aromatic N) is 2. The number of nitro groups is 1. The van der Waals surface area contributed by atoms with Gasteiger partial charge in [-0.3, -0.25) is 15.0 Å².